The minimum atomic E-state index is -0.511. The van der Waals surface area contributed by atoms with Crippen LogP contribution in [0.4, 0.5) is 11.4 Å². The molecule has 1 amide bonds. The van der Waals surface area contributed by atoms with E-state index in [0.29, 0.717) is 16.8 Å². The van der Waals surface area contributed by atoms with Crippen LogP contribution in [-0.4, -0.2) is 15.8 Å². The number of amides is 1. The van der Waals surface area contributed by atoms with Gasteiger partial charge >= 0.3 is 0 Å². The number of hydrogen-bond acceptors (Lipinski definition) is 4. The number of pyridine rings is 1. The predicted molar refractivity (Wildman–Crippen MR) is 124 cm³/mol. The van der Waals surface area contributed by atoms with Crippen LogP contribution < -0.4 is 10.5 Å². The second-order valence-electron chi connectivity index (χ2n) is 7.70. The van der Waals surface area contributed by atoms with Gasteiger partial charge in [-0.3, -0.25) is 19.7 Å². The Morgan fingerprint density at radius 2 is 1.72 bits per heavy atom. The molecule has 0 bridgehead atoms. The van der Waals surface area contributed by atoms with E-state index >= 15 is 0 Å². The summed E-state index contributed by atoms with van der Waals surface area (Å²) in [7, 11) is 0. The molecule has 0 saturated carbocycles. The Kier molecular flexibility index (Phi) is 5.55. The van der Waals surface area contributed by atoms with E-state index in [4.69, 9.17) is 0 Å². The number of nitrogens with one attached hydrogen (secondary N) is 1. The number of nitro groups is 1. The van der Waals surface area contributed by atoms with Crippen LogP contribution in [0.15, 0.2) is 77.6 Å². The molecule has 4 aromatic rings. The number of nitro benzene ring substituents is 1. The Bertz CT molecular complexity index is 1390. The van der Waals surface area contributed by atoms with Crippen LogP contribution in [0.3, 0.4) is 0 Å². The van der Waals surface area contributed by atoms with Gasteiger partial charge in [0.05, 0.1) is 17.0 Å². The van der Waals surface area contributed by atoms with Gasteiger partial charge in [0.1, 0.15) is 0 Å². The average Bonchev–Trinajstić information content (AvgIpc) is 2.78. The molecule has 160 valence electrons. The van der Waals surface area contributed by atoms with Crippen LogP contribution >= 0.6 is 0 Å². The van der Waals surface area contributed by atoms with Crippen LogP contribution in [-0.2, 0) is 6.54 Å². The number of aromatic nitrogens is 1. The van der Waals surface area contributed by atoms with Gasteiger partial charge in [0, 0.05) is 28.9 Å². The van der Waals surface area contributed by atoms with Gasteiger partial charge in [0.15, 0.2) is 0 Å². The van der Waals surface area contributed by atoms with E-state index in [1.54, 1.807) is 12.1 Å². The maximum atomic E-state index is 13.4. The summed E-state index contributed by atoms with van der Waals surface area (Å²) in [6, 6.07) is 20.4. The number of hydrogen-bond donors (Lipinski definition) is 1. The fraction of sp³-hybridized carbons (Fsp3) is 0.120. The maximum Gasteiger partial charge on any atom is 0.269 e. The molecular weight excluding hydrogens is 406 g/mol. The van der Waals surface area contributed by atoms with Crippen molar-refractivity contribution in [1.29, 1.82) is 0 Å². The first-order valence-electron chi connectivity index (χ1n) is 10.1. The van der Waals surface area contributed by atoms with Crippen molar-refractivity contribution in [3.05, 3.63) is 116 Å². The topological polar surface area (TPSA) is 96.3 Å². The molecule has 0 aliphatic carbocycles. The van der Waals surface area contributed by atoms with E-state index in [2.05, 4.69) is 4.98 Å². The number of para-hydroxylation sites is 1. The molecule has 0 unspecified atom stereocenters. The molecular formula is C25H21N3O4. The number of H-pyrrole nitrogens is 1. The van der Waals surface area contributed by atoms with Gasteiger partial charge in [-0.05, 0) is 60.7 Å². The van der Waals surface area contributed by atoms with Crippen LogP contribution in [0.5, 0.6) is 0 Å². The molecule has 1 aromatic heterocycles. The van der Waals surface area contributed by atoms with Crippen molar-refractivity contribution in [2.75, 3.05) is 4.90 Å². The van der Waals surface area contributed by atoms with Crippen molar-refractivity contribution in [1.82, 2.24) is 4.98 Å². The highest BCUT2D eigenvalue weighted by molar-refractivity contribution is 6.06. The first-order chi connectivity index (χ1) is 15.3. The monoisotopic (exact) mass is 427 g/mol. The quantitative estimate of drug-likeness (QED) is 0.362. The zero-order valence-electron chi connectivity index (χ0n) is 17.7. The zero-order valence-corrected chi connectivity index (χ0v) is 17.7. The number of nitrogens with zero attached hydrogens (tertiary/aromatic N) is 2. The number of non-ortho nitro benzene ring substituents is 1. The Balaban J connectivity index is 1.77. The van der Waals surface area contributed by atoms with Gasteiger partial charge in [-0.25, -0.2) is 0 Å². The third-order valence-corrected chi connectivity index (χ3v) is 5.38. The van der Waals surface area contributed by atoms with E-state index in [-0.39, 0.29) is 23.7 Å². The maximum absolute atomic E-state index is 13.4. The second kappa shape index (κ2) is 8.47. The van der Waals surface area contributed by atoms with Gasteiger partial charge in [-0.15, -0.1) is 0 Å². The highest BCUT2D eigenvalue weighted by atomic mass is 16.6. The largest absolute Gasteiger partial charge is 0.321 e. The first kappa shape index (κ1) is 21.0. The lowest BCUT2D eigenvalue weighted by Gasteiger charge is -2.23. The van der Waals surface area contributed by atoms with Crippen molar-refractivity contribution in [2.24, 2.45) is 0 Å². The predicted octanol–water partition coefficient (Wildman–Crippen LogP) is 4.90. The molecule has 32 heavy (non-hydrogen) atoms. The summed E-state index contributed by atoms with van der Waals surface area (Å²) in [5.74, 6) is -0.353. The Morgan fingerprint density at radius 3 is 2.41 bits per heavy atom. The number of aromatic amines is 1. The summed E-state index contributed by atoms with van der Waals surface area (Å²) < 4.78 is 0. The Morgan fingerprint density at radius 1 is 1.00 bits per heavy atom. The van der Waals surface area contributed by atoms with Crippen LogP contribution in [0.1, 0.15) is 27.0 Å². The summed E-state index contributed by atoms with van der Waals surface area (Å²) >= 11 is 0. The normalized spacial score (nSPS) is 10.8. The number of anilines is 1. The van der Waals surface area contributed by atoms with E-state index in [1.807, 2.05) is 50.2 Å². The van der Waals surface area contributed by atoms with Crippen LogP contribution in [0.2, 0.25) is 0 Å². The molecule has 0 aliphatic rings. The van der Waals surface area contributed by atoms with Gasteiger partial charge < -0.3 is 9.88 Å². The number of fused-ring (bicyclic) bond motifs is 1. The fourth-order valence-electron chi connectivity index (χ4n) is 3.67. The molecule has 3 aromatic carbocycles. The molecule has 0 fully saturated rings. The third-order valence-electron chi connectivity index (χ3n) is 5.38. The average molecular weight is 427 g/mol. The van der Waals surface area contributed by atoms with Crippen molar-refractivity contribution in [3.8, 4) is 0 Å². The van der Waals surface area contributed by atoms with Crippen LogP contribution in [0, 0.1) is 24.0 Å². The lowest BCUT2D eigenvalue weighted by molar-refractivity contribution is -0.384. The Hall–Kier alpha value is -4.26. The van der Waals surface area contributed by atoms with Crippen LogP contribution in [0.25, 0.3) is 10.9 Å². The van der Waals surface area contributed by atoms with Gasteiger partial charge in [-0.2, -0.15) is 0 Å². The number of benzene rings is 3. The van der Waals surface area contributed by atoms with E-state index in [1.165, 1.54) is 29.2 Å². The molecule has 4 rings (SSSR count). The number of aryl methyl sites for hydroxylation is 2. The lowest BCUT2D eigenvalue weighted by atomic mass is 10.1. The molecule has 0 radical (unpaired) electrons. The van der Waals surface area contributed by atoms with Crippen molar-refractivity contribution < 1.29 is 9.72 Å². The molecule has 0 atom stereocenters. The third kappa shape index (κ3) is 4.13. The highest BCUT2D eigenvalue weighted by Crippen LogP contribution is 2.23. The molecule has 0 saturated heterocycles. The summed E-state index contributed by atoms with van der Waals surface area (Å²) in [5.41, 5.74) is 3.72. The van der Waals surface area contributed by atoms with E-state index < -0.39 is 4.92 Å². The standard InChI is InChI=1S/C25H21N3O4/c1-16-5-3-8-22(13-16)27(25(30)18-9-11-21(12-10-18)28(31)32)15-20-14-19-7-4-6-17(2)23(19)26-24(20)29/h3-14H,15H2,1-2H3,(H,26,29). The summed E-state index contributed by atoms with van der Waals surface area (Å²) in [6.45, 7) is 3.90. The molecule has 7 nitrogen and oxygen atoms in total. The Labute approximate surface area is 184 Å². The van der Waals surface area contributed by atoms with E-state index in [0.717, 1.165) is 22.0 Å². The molecule has 0 aliphatic heterocycles. The highest BCUT2D eigenvalue weighted by Gasteiger charge is 2.21. The molecule has 1 N–H and O–H groups in total. The second-order valence-corrected chi connectivity index (χ2v) is 7.70. The van der Waals surface area contributed by atoms with Gasteiger partial charge in [0.25, 0.3) is 17.2 Å². The van der Waals surface area contributed by atoms with Gasteiger partial charge in [0.2, 0.25) is 0 Å². The smallest absolute Gasteiger partial charge is 0.269 e. The molecule has 0 spiro atoms. The molecule has 7 heteroatoms. The van der Waals surface area contributed by atoms with E-state index in [9.17, 15) is 19.7 Å². The minimum absolute atomic E-state index is 0.0541. The summed E-state index contributed by atoms with van der Waals surface area (Å²) in [5, 5.41) is 11.8. The zero-order chi connectivity index (χ0) is 22.8. The first-order valence-corrected chi connectivity index (χ1v) is 10.1. The molecule has 1 heterocycles. The van der Waals surface area contributed by atoms with Crippen molar-refractivity contribution in [2.45, 2.75) is 20.4 Å². The lowest BCUT2D eigenvalue weighted by Crippen LogP contribution is -2.33. The number of carbonyl (C=O) groups excluding carboxylic acids is 1. The number of rotatable bonds is 5. The minimum Gasteiger partial charge on any atom is -0.321 e. The van der Waals surface area contributed by atoms with Crippen molar-refractivity contribution in [3.63, 3.8) is 0 Å². The fourth-order valence-corrected chi connectivity index (χ4v) is 3.67. The summed E-state index contributed by atoms with van der Waals surface area (Å²) in [4.78, 5) is 41.1. The SMILES string of the molecule is Cc1cccc(N(Cc2cc3cccc(C)c3[nH]c2=O)C(=O)c2ccc([N+](=O)[O-])cc2)c1. The van der Waals surface area contributed by atoms with Gasteiger partial charge in [-0.1, -0.05) is 30.3 Å². The summed E-state index contributed by atoms with van der Waals surface area (Å²) in [6.07, 6.45) is 0. The number of carbonyl (C=O) groups is 1. The van der Waals surface area contributed by atoms with Crippen molar-refractivity contribution >= 4 is 28.2 Å².